The van der Waals surface area contributed by atoms with Gasteiger partial charge in [0.15, 0.2) is 0 Å². The van der Waals surface area contributed by atoms with Gasteiger partial charge in [0, 0.05) is 22.6 Å². The maximum atomic E-state index is 13.0. The number of anilines is 1. The zero-order valence-corrected chi connectivity index (χ0v) is 8.68. The Balaban J connectivity index is 2.05. The third-order valence-electron chi connectivity index (χ3n) is 2.01. The molecule has 0 saturated carbocycles. The summed E-state index contributed by atoms with van der Waals surface area (Å²) in [6, 6.07) is 8.24. The van der Waals surface area contributed by atoms with Crippen LogP contribution in [0.25, 0.3) is 0 Å². The predicted molar refractivity (Wildman–Crippen MR) is 59.5 cm³/mol. The Bertz CT molecular complexity index is 420. The van der Waals surface area contributed by atoms with E-state index < -0.39 is 0 Å². The van der Waals surface area contributed by atoms with Crippen LogP contribution in [0, 0.1) is 5.82 Å². The van der Waals surface area contributed by atoms with Crippen LogP contribution in [0.15, 0.2) is 36.5 Å². The van der Waals surface area contributed by atoms with Gasteiger partial charge in [0.1, 0.15) is 5.82 Å². The van der Waals surface area contributed by atoms with Crippen molar-refractivity contribution in [1.29, 1.82) is 0 Å². The third-order valence-corrected chi connectivity index (χ3v) is 2.23. The quantitative estimate of drug-likeness (QED) is 0.822. The third kappa shape index (κ3) is 2.73. The van der Waals surface area contributed by atoms with Crippen LogP contribution in [0.2, 0.25) is 5.02 Å². The molecule has 0 amide bonds. The summed E-state index contributed by atoms with van der Waals surface area (Å²) in [4.78, 5) is 3.05. The van der Waals surface area contributed by atoms with Crippen LogP contribution in [0.3, 0.4) is 0 Å². The fraction of sp³-hybridized carbons (Fsp3) is 0.0909. The molecule has 0 aliphatic rings. The van der Waals surface area contributed by atoms with E-state index in [4.69, 9.17) is 11.6 Å². The van der Waals surface area contributed by atoms with Crippen LogP contribution in [0.5, 0.6) is 0 Å². The summed E-state index contributed by atoms with van der Waals surface area (Å²) < 4.78 is 13.0. The van der Waals surface area contributed by atoms with Crippen molar-refractivity contribution in [1.82, 2.24) is 4.98 Å². The SMILES string of the molecule is Fc1cc(Cl)cc(NCc2ccc[nH]2)c1. The number of benzene rings is 1. The second-order valence-electron chi connectivity index (χ2n) is 3.21. The highest BCUT2D eigenvalue weighted by Gasteiger charge is 1.99. The molecule has 0 spiro atoms. The summed E-state index contributed by atoms with van der Waals surface area (Å²) in [7, 11) is 0. The maximum absolute atomic E-state index is 13.0. The average Bonchev–Trinajstić information content (AvgIpc) is 2.65. The Morgan fingerprint density at radius 3 is 2.87 bits per heavy atom. The van der Waals surface area contributed by atoms with Crippen molar-refractivity contribution in [2.75, 3.05) is 5.32 Å². The Labute approximate surface area is 92.1 Å². The molecule has 4 heteroatoms. The number of rotatable bonds is 3. The number of aromatic nitrogens is 1. The van der Waals surface area contributed by atoms with Crippen molar-refractivity contribution in [3.8, 4) is 0 Å². The highest BCUT2D eigenvalue weighted by Crippen LogP contribution is 2.18. The van der Waals surface area contributed by atoms with E-state index in [0.29, 0.717) is 17.3 Å². The summed E-state index contributed by atoms with van der Waals surface area (Å²) in [5.41, 5.74) is 1.71. The van der Waals surface area contributed by atoms with Gasteiger partial charge in [0.25, 0.3) is 0 Å². The first-order valence-corrected chi connectivity index (χ1v) is 4.94. The summed E-state index contributed by atoms with van der Waals surface area (Å²) in [5, 5.41) is 3.47. The number of halogens is 2. The van der Waals surface area contributed by atoms with Crippen LogP contribution >= 0.6 is 11.6 Å². The van der Waals surface area contributed by atoms with E-state index in [9.17, 15) is 4.39 Å². The predicted octanol–water partition coefficient (Wildman–Crippen LogP) is 3.42. The van der Waals surface area contributed by atoms with Crippen molar-refractivity contribution < 1.29 is 4.39 Å². The van der Waals surface area contributed by atoms with E-state index in [-0.39, 0.29) is 5.82 Å². The Kier molecular flexibility index (Phi) is 2.92. The van der Waals surface area contributed by atoms with E-state index in [1.54, 1.807) is 6.07 Å². The van der Waals surface area contributed by atoms with Gasteiger partial charge in [0.2, 0.25) is 0 Å². The minimum Gasteiger partial charge on any atom is -0.379 e. The molecular formula is C11H10ClFN2. The van der Waals surface area contributed by atoms with Crippen molar-refractivity contribution in [2.24, 2.45) is 0 Å². The zero-order chi connectivity index (χ0) is 10.7. The lowest BCUT2D eigenvalue weighted by Gasteiger charge is -2.05. The monoisotopic (exact) mass is 224 g/mol. The molecule has 0 aliphatic heterocycles. The molecule has 0 radical (unpaired) electrons. The fourth-order valence-electron chi connectivity index (χ4n) is 1.33. The molecule has 0 unspecified atom stereocenters. The lowest BCUT2D eigenvalue weighted by molar-refractivity contribution is 0.628. The van der Waals surface area contributed by atoms with Crippen LogP contribution in [0.1, 0.15) is 5.69 Å². The smallest absolute Gasteiger partial charge is 0.126 e. The van der Waals surface area contributed by atoms with Crippen LogP contribution < -0.4 is 5.32 Å². The van der Waals surface area contributed by atoms with Gasteiger partial charge in [-0.05, 0) is 30.3 Å². The first-order valence-electron chi connectivity index (χ1n) is 4.56. The van der Waals surface area contributed by atoms with E-state index in [2.05, 4.69) is 10.3 Å². The average molecular weight is 225 g/mol. The van der Waals surface area contributed by atoms with Gasteiger partial charge in [0.05, 0.1) is 6.54 Å². The van der Waals surface area contributed by atoms with E-state index in [1.807, 2.05) is 18.3 Å². The molecule has 1 aromatic heterocycles. The number of hydrogen-bond acceptors (Lipinski definition) is 1. The van der Waals surface area contributed by atoms with Crippen molar-refractivity contribution in [3.05, 3.63) is 53.1 Å². The topological polar surface area (TPSA) is 27.8 Å². The molecule has 1 aromatic carbocycles. The first kappa shape index (κ1) is 10.1. The summed E-state index contributed by atoms with van der Waals surface area (Å²) in [6.07, 6.45) is 1.84. The van der Waals surface area contributed by atoms with Gasteiger partial charge in [-0.1, -0.05) is 11.6 Å². The summed E-state index contributed by atoms with van der Waals surface area (Å²) in [5.74, 6) is -0.337. The summed E-state index contributed by atoms with van der Waals surface area (Å²) in [6.45, 7) is 0.618. The standard InChI is InChI=1S/C11H10ClFN2/c12-8-4-9(13)6-11(5-8)15-7-10-2-1-3-14-10/h1-6,14-15H,7H2. The second kappa shape index (κ2) is 4.36. The highest BCUT2D eigenvalue weighted by molar-refractivity contribution is 6.30. The van der Waals surface area contributed by atoms with Gasteiger partial charge >= 0.3 is 0 Å². The maximum Gasteiger partial charge on any atom is 0.126 e. The first-order chi connectivity index (χ1) is 7.24. The number of hydrogen-bond donors (Lipinski definition) is 2. The van der Waals surface area contributed by atoms with Crippen molar-refractivity contribution >= 4 is 17.3 Å². The van der Waals surface area contributed by atoms with E-state index >= 15 is 0 Å². The van der Waals surface area contributed by atoms with Crippen LogP contribution in [-0.4, -0.2) is 4.98 Å². The van der Waals surface area contributed by atoms with Gasteiger partial charge in [-0.3, -0.25) is 0 Å². The highest BCUT2D eigenvalue weighted by atomic mass is 35.5. The molecule has 2 rings (SSSR count). The molecule has 0 fully saturated rings. The van der Waals surface area contributed by atoms with E-state index in [1.165, 1.54) is 12.1 Å². The van der Waals surface area contributed by atoms with Gasteiger partial charge < -0.3 is 10.3 Å². The lowest BCUT2D eigenvalue weighted by Crippen LogP contribution is -1.99. The molecular weight excluding hydrogens is 215 g/mol. The second-order valence-corrected chi connectivity index (χ2v) is 3.64. The molecule has 0 saturated heterocycles. The number of nitrogens with one attached hydrogen (secondary N) is 2. The molecule has 1 heterocycles. The number of aromatic amines is 1. The Morgan fingerprint density at radius 2 is 2.20 bits per heavy atom. The van der Waals surface area contributed by atoms with Crippen molar-refractivity contribution in [2.45, 2.75) is 6.54 Å². The Morgan fingerprint density at radius 1 is 1.33 bits per heavy atom. The minimum absolute atomic E-state index is 0.337. The molecule has 2 N–H and O–H groups in total. The van der Waals surface area contributed by atoms with Gasteiger partial charge in [-0.15, -0.1) is 0 Å². The zero-order valence-electron chi connectivity index (χ0n) is 7.93. The Hall–Kier alpha value is -1.48. The summed E-state index contributed by atoms with van der Waals surface area (Å²) >= 11 is 5.72. The normalized spacial score (nSPS) is 10.3. The molecule has 78 valence electrons. The fourth-order valence-corrected chi connectivity index (χ4v) is 1.55. The molecule has 2 aromatic rings. The van der Waals surface area contributed by atoms with Gasteiger partial charge in [-0.25, -0.2) is 4.39 Å². The molecule has 0 aliphatic carbocycles. The van der Waals surface area contributed by atoms with Crippen LogP contribution in [0.4, 0.5) is 10.1 Å². The lowest BCUT2D eigenvalue weighted by atomic mass is 10.3. The minimum atomic E-state index is -0.337. The number of H-pyrrole nitrogens is 1. The van der Waals surface area contributed by atoms with Gasteiger partial charge in [-0.2, -0.15) is 0 Å². The van der Waals surface area contributed by atoms with Crippen molar-refractivity contribution in [3.63, 3.8) is 0 Å². The van der Waals surface area contributed by atoms with Crippen LogP contribution in [-0.2, 0) is 6.54 Å². The molecule has 2 nitrogen and oxygen atoms in total. The largest absolute Gasteiger partial charge is 0.379 e. The molecule has 0 atom stereocenters. The van der Waals surface area contributed by atoms with E-state index in [0.717, 1.165) is 5.69 Å². The molecule has 0 bridgehead atoms. The molecule has 15 heavy (non-hydrogen) atoms.